The summed E-state index contributed by atoms with van der Waals surface area (Å²) in [6.07, 6.45) is -0.642. The molecule has 22 heteroatoms. The van der Waals surface area contributed by atoms with Crippen LogP contribution in [0.15, 0.2) is 143 Å². The molecule has 19 nitrogen and oxygen atoms in total. The van der Waals surface area contributed by atoms with E-state index in [0.29, 0.717) is 21.5 Å². The third-order valence-electron chi connectivity index (χ3n) is 12.8. The summed E-state index contributed by atoms with van der Waals surface area (Å²) < 4.78 is 31.8. The second-order valence-electron chi connectivity index (χ2n) is 17.5. The molecule has 6 atom stereocenters. The molecule has 0 spiro atoms. The van der Waals surface area contributed by atoms with Crippen LogP contribution < -0.4 is 10.2 Å². The number of rotatable bonds is 21. The lowest BCUT2D eigenvalue weighted by Gasteiger charge is -2.55. The van der Waals surface area contributed by atoms with E-state index in [9.17, 15) is 29.4 Å². The molecule has 0 aliphatic carbocycles. The van der Waals surface area contributed by atoms with Crippen molar-refractivity contribution in [2.24, 2.45) is 5.92 Å². The standard InChI is InChI=1S/C52H46BrClFN7O12/c1-2-72-40-16-8-12-33(28-40)45-50(65)60(48(41-20-18-36(53)29-42(41)54)59(45)49(64)35-13-7-15-39(27-35)61(68)69)47-43(21-19-38-23-24-74-57-38)58(51(47)66)46(52(67)73-30-32-11-6-14-37(55)26-32)34(17-22-44(63)56-62(70)71)25-31-9-4-3-5-10-31/h3-16,18,20,23-24,26-29,34,43,45-48H,2,17,19,21-22,25,30H2,1H3,(H,56,63)/t34-,43?,45?,46?,47?,48?/m1/s1. The Morgan fingerprint density at radius 2 is 1.66 bits per heavy atom. The molecule has 0 bridgehead atoms. The van der Waals surface area contributed by atoms with Gasteiger partial charge in [0.1, 0.15) is 48.7 Å². The number of aryl methyl sites for hydroxylation is 1. The second kappa shape index (κ2) is 23.2. The maximum absolute atomic E-state index is 15.9. The maximum Gasteiger partial charge on any atom is 0.329 e. The number of non-ortho nitro benzene ring substituents is 1. The zero-order valence-corrected chi connectivity index (χ0v) is 41.7. The highest BCUT2D eigenvalue weighted by molar-refractivity contribution is 9.10. The molecule has 0 radical (unpaired) electrons. The average molecular weight is 1100 g/mol. The summed E-state index contributed by atoms with van der Waals surface area (Å²) in [7, 11) is 0. The number of nitrogens with zero attached hydrogens (tertiary/aromatic N) is 6. The number of ether oxygens (including phenoxy) is 2. The SMILES string of the molecule is CCOc1cccc(C2C(=O)N(C3C(=O)N(C(C(=O)OCc4cccc(F)c4)[C@H](CCC(=O)N[N+](=O)[O-])Cc4ccccc4)C3CCc3ccon3)C(c3ccc(Br)cc3Cl)N2C(=O)c2cccc([N+](=O)[O-])c2)c1. The molecule has 2 fully saturated rings. The van der Waals surface area contributed by atoms with Gasteiger partial charge in [0, 0.05) is 45.2 Å². The summed E-state index contributed by atoms with van der Waals surface area (Å²) >= 11 is 10.5. The predicted octanol–water partition coefficient (Wildman–Crippen LogP) is 8.53. The smallest absolute Gasteiger partial charge is 0.329 e. The van der Waals surface area contributed by atoms with Crippen LogP contribution in [0.25, 0.3) is 0 Å². The Labute approximate surface area is 435 Å². The zero-order valence-electron chi connectivity index (χ0n) is 39.3. The highest BCUT2D eigenvalue weighted by atomic mass is 79.9. The number of benzene rings is 5. The summed E-state index contributed by atoms with van der Waals surface area (Å²) in [5.41, 5.74) is 2.92. The predicted molar refractivity (Wildman–Crippen MR) is 266 cm³/mol. The van der Waals surface area contributed by atoms with Crippen molar-refractivity contribution in [3.05, 3.63) is 203 Å². The maximum atomic E-state index is 15.9. The number of halogens is 3. The Morgan fingerprint density at radius 1 is 0.905 bits per heavy atom. The normalized spacial score (nSPS) is 18.1. The molecule has 1 N–H and O–H groups in total. The number of aromatic nitrogens is 1. The van der Waals surface area contributed by atoms with E-state index in [2.05, 4.69) is 21.1 Å². The fourth-order valence-corrected chi connectivity index (χ4v) is 10.4. The molecule has 3 heterocycles. The monoisotopic (exact) mass is 1090 g/mol. The van der Waals surface area contributed by atoms with E-state index in [1.54, 1.807) is 91.2 Å². The molecule has 2 aliphatic rings. The second-order valence-corrected chi connectivity index (χ2v) is 18.8. The third kappa shape index (κ3) is 11.6. The van der Waals surface area contributed by atoms with Gasteiger partial charge in [-0.15, -0.1) is 0 Å². The van der Waals surface area contributed by atoms with Gasteiger partial charge in [-0.3, -0.25) is 34.2 Å². The molecule has 74 heavy (non-hydrogen) atoms. The minimum atomic E-state index is -1.55. The highest BCUT2D eigenvalue weighted by Gasteiger charge is 2.63. The molecule has 1 aromatic heterocycles. The van der Waals surface area contributed by atoms with Crippen LogP contribution in [0.1, 0.15) is 76.7 Å². The van der Waals surface area contributed by atoms with Crippen molar-refractivity contribution >= 4 is 62.8 Å². The fourth-order valence-electron chi connectivity index (χ4n) is 9.65. The Balaban J connectivity index is 1.30. The number of nitrogens with one attached hydrogen (secondary N) is 1. The first-order chi connectivity index (χ1) is 35.6. The number of nitro benzene ring substituents is 1. The Hall–Kier alpha value is -8.04. The molecule has 382 valence electrons. The molecule has 2 aliphatic heterocycles. The van der Waals surface area contributed by atoms with Gasteiger partial charge in [-0.2, -0.15) is 0 Å². The lowest BCUT2D eigenvalue weighted by molar-refractivity contribution is -0.530. The van der Waals surface area contributed by atoms with Crippen molar-refractivity contribution in [1.29, 1.82) is 0 Å². The van der Waals surface area contributed by atoms with Gasteiger partial charge in [0.25, 0.3) is 23.4 Å². The van der Waals surface area contributed by atoms with Gasteiger partial charge < -0.3 is 23.8 Å². The number of carbonyl (C=O) groups excluding carboxylic acids is 5. The number of β-lactam (4-membered cyclic amide) rings is 1. The van der Waals surface area contributed by atoms with Crippen LogP contribution in [-0.4, -0.2) is 84.1 Å². The average Bonchev–Trinajstić information content (AvgIpc) is 4.00. The van der Waals surface area contributed by atoms with E-state index in [1.165, 1.54) is 63.4 Å². The lowest BCUT2D eigenvalue weighted by atomic mass is 9.80. The summed E-state index contributed by atoms with van der Waals surface area (Å²) in [6, 6.07) is 26.3. The van der Waals surface area contributed by atoms with E-state index in [4.69, 9.17) is 25.6 Å². The van der Waals surface area contributed by atoms with Crippen molar-refractivity contribution in [2.75, 3.05) is 6.61 Å². The van der Waals surface area contributed by atoms with Crippen molar-refractivity contribution in [3.63, 3.8) is 0 Å². The molecular weight excluding hydrogens is 1050 g/mol. The largest absolute Gasteiger partial charge is 0.494 e. The molecule has 5 aromatic carbocycles. The zero-order chi connectivity index (χ0) is 52.6. The molecule has 2 saturated heterocycles. The van der Waals surface area contributed by atoms with Gasteiger partial charge >= 0.3 is 5.97 Å². The van der Waals surface area contributed by atoms with Crippen LogP contribution in [0, 0.1) is 32.0 Å². The van der Waals surface area contributed by atoms with Gasteiger partial charge in [-0.1, -0.05) is 105 Å². The van der Waals surface area contributed by atoms with Crippen molar-refractivity contribution in [2.45, 2.75) is 76.0 Å². The minimum absolute atomic E-state index is 0.00434. The Kier molecular flexibility index (Phi) is 16.4. The van der Waals surface area contributed by atoms with E-state index in [0.717, 1.165) is 6.07 Å². The highest BCUT2D eigenvalue weighted by Crippen LogP contribution is 2.50. The Morgan fingerprint density at radius 3 is 2.36 bits per heavy atom. The van der Waals surface area contributed by atoms with E-state index < -0.39 is 100 Å². The number of carbonyl (C=O) groups is 5. The first-order valence-corrected chi connectivity index (χ1v) is 24.5. The lowest BCUT2D eigenvalue weighted by Crippen LogP contribution is -2.75. The molecule has 6 aromatic rings. The van der Waals surface area contributed by atoms with E-state index in [1.807, 2.05) is 0 Å². The summed E-state index contributed by atoms with van der Waals surface area (Å²) in [5.74, 6) is -5.54. The van der Waals surface area contributed by atoms with Crippen LogP contribution in [0.2, 0.25) is 5.02 Å². The number of hydrogen-bond acceptors (Lipinski definition) is 13. The molecular formula is C52H46BrClFN7O12. The first kappa shape index (κ1) is 52.3. The Bertz CT molecular complexity index is 3080. The number of amides is 4. The van der Waals surface area contributed by atoms with Crippen molar-refractivity contribution in [1.82, 2.24) is 25.3 Å². The number of esters is 1. The summed E-state index contributed by atoms with van der Waals surface area (Å²) in [6.45, 7) is 1.58. The number of hydrazine groups is 1. The van der Waals surface area contributed by atoms with Gasteiger partial charge in [0.2, 0.25) is 5.91 Å². The number of nitro groups is 2. The first-order valence-electron chi connectivity index (χ1n) is 23.3. The molecule has 0 saturated carbocycles. The summed E-state index contributed by atoms with van der Waals surface area (Å²) in [4.78, 5) is 101. The van der Waals surface area contributed by atoms with E-state index >= 15 is 19.2 Å². The van der Waals surface area contributed by atoms with Crippen molar-refractivity contribution < 1.29 is 52.3 Å². The van der Waals surface area contributed by atoms with E-state index in [-0.39, 0.29) is 59.6 Å². The third-order valence-corrected chi connectivity index (χ3v) is 13.7. The van der Waals surface area contributed by atoms with Gasteiger partial charge in [0.05, 0.1) is 23.3 Å². The molecule has 4 amide bonds. The van der Waals surface area contributed by atoms with Crippen molar-refractivity contribution in [3.8, 4) is 5.75 Å². The van der Waals surface area contributed by atoms with Crippen LogP contribution >= 0.6 is 27.5 Å². The minimum Gasteiger partial charge on any atom is -0.494 e. The quantitative estimate of drug-likeness (QED) is 0.0308. The van der Waals surface area contributed by atoms with Crippen LogP contribution in [-0.2, 0) is 43.4 Å². The van der Waals surface area contributed by atoms with Gasteiger partial charge in [-0.25, -0.2) is 19.3 Å². The number of likely N-dealkylation sites (tertiary alicyclic amines) is 1. The van der Waals surface area contributed by atoms with Gasteiger partial charge in [-0.05, 0) is 97.7 Å². The van der Waals surface area contributed by atoms with Crippen LogP contribution in [0.5, 0.6) is 5.75 Å². The molecule has 5 unspecified atom stereocenters. The number of hydrogen-bond donors (Lipinski definition) is 1. The summed E-state index contributed by atoms with van der Waals surface area (Å²) in [5, 5.41) is 26.6. The fraction of sp³-hybridized carbons (Fsp3) is 0.269. The molecule has 8 rings (SSSR count). The topological polar surface area (TPSA) is 238 Å². The van der Waals surface area contributed by atoms with Crippen LogP contribution in [0.4, 0.5) is 10.1 Å². The van der Waals surface area contributed by atoms with Gasteiger partial charge in [0.15, 0.2) is 5.03 Å². The van der Waals surface area contributed by atoms with Crippen LogP contribution in [0.3, 0.4) is 0 Å².